The molecule has 2 aliphatic rings. The number of benzene rings is 1. The molecule has 2 radical (unpaired) electrons. The summed E-state index contributed by atoms with van der Waals surface area (Å²) >= 11 is 0. The number of fused-ring (bicyclic) bond motifs is 2. The zero-order valence-electron chi connectivity index (χ0n) is 13.0. The summed E-state index contributed by atoms with van der Waals surface area (Å²) in [5, 5.41) is 0. The number of hydrogen-bond acceptors (Lipinski definition) is 4. The summed E-state index contributed by atoms with van der Waals surface area (Å²) in [6.07, 6.45) is 2.02. The topological polar surface area (TPSA) is 24.9 Å². The lowest BCUT2D eigenvalue weighted by Crippen LogP contribution is -2.35. The molecule has 21 heavy (non-hydrogen) atoms. The van der Waals surface area contributed by atoms with E-state index in [9.17, 15) is 0 Å². The highest BCUT2D eigenvalue weighted by Gasteiger charge is 2.24. The van der Waals surface area contributed by atoms with Gasteiger partial charge in [0.15, 0.2) is 7.98 Å². The average molecular weight is 286 g/mol. The summed E-state index contributed by atoms with van der Waals surface area (Å²) in [7, 11) is 7.74. The van der Waals surface area contributed by atoms with E-state index in [1.54, 1.807) is 7.11 Å². The van der Waals surface area contributed by atoms with Gasteiger partial charge in [-0.2, -0.15) is 0 Å². The molecule has 2 heterocycles. The fraction of sp³-hybridized carbons (Fsp3) is 0.625. The van der Waals surface area contributed by atoms with Crippen LogP contribution in [0.1, 0.15) is 16.7 Å². The van der Waals surface area contributed by atoms with Gasteiger partial charge in [-0.25, -0.2) is 0 Å². The Balaban J connectivity index is 1.97. The molecule has 2 aliphatic heterocycles. The number of methoxy groups -OCH3 is 1. The standard InChI is InChI=1S/C16H23BN2O2/c1-12-14-4-6-19(17)5-3-13(14)11-15-16(12)21-10-8-18(15)7-9-20-2/h11H,3-10H2,1-2H3. The normalized spacial score (nSPS) is 18.7. The largest absolute Gasteiger partial charge is 0.489 e. The van der Waals surface area contributed by atoms with Gasteiger partial charge in [-0.05, 0) is 55.6 Å². The van der Waals surface area contributed by atoms with Gasteiger partial charge in [0.2, 0.25) is 0 Å². The third-order valence-corrected chi connectivity index (χ3v) is 4.56. The second-order valence-electron chi connectivity index (χ2n) is 5.85. The minimum absolute atomic E-state index is 0.742. The predicted octanol–water partition coefficient (Wildman–Crippen LogP) is 1.32. The highest BCUT2D eigenvalue weighted by Crippen LogP contribution is 2.39. The maximum atomic E-state index is 5.99. The van der Waals surface area contributed by atoms with Crippen molar-refractivity contribution in [1.29, 1.82) is 0 Å². The van der Waals surface area contributed by atoms with Crippen molar-refractivity contribution in [3.05, 3.63) is 22.8 Å². The molecule has 1 aromatic rings. The van der Waals surface area contributed by atoms with Crippen molar-refractivity contribution < 1.29 is 9.47 Å². The van der Waals surface area contributed by atoms with E-state index in [0.717, 1.165) is 58.0 Å². The van der Waals surface area contributed by atoms with E-state index in [-0.39, 0.29) is 0 Å². The molecule has 0 aromatic heterocycles. The third-order valence-electron chi connectivity index (χ3n) is 4.56. The maximum absolute atomic E-state index is 5.99. The van der Waals surface area contributed by atoms with Gasteiger partial charge in [-0.3, -0.25) is 0 Å². The Bertz CT molecular complexity index is 521. The van der Waals surface area contributed by atoms with E-state index in [4.69, 9.17) is 17.5 Å². The molecule has 112 valence electrons. The lowest BCUT2D eigenvalue weighted by Gasteiger charge is -2.33. The van der Waals surface area contributed by atoms with Crippen LogP contribution in [0.25, 0.3) is 0 Å². The lowest BCUT2D eigenvalue weighted by molar-refractivity contribution is 0.201. The van der Waals surface area contributed by atoms with Crippen LogP contribution in [0.15, 0.2) is 6.07 Å². The average Bonchev–Trinajstić information content (AvgIpc) is 2.68. The highest BCUT2D eigenvalue weighted by molar-refractivity contribution is 6.04. The van der Waals surface area contributed by atoms with Crippen LogP contribution in [0.5, 0.6) is 5.75 Å². The summed E-state index contributed by atoms with van der Waals surface area (Å²) in [5.74, 6) is 1.06. The number of ether oxygens (including phenoxy) is 2. The number of rotatable bonds is 3. The second kappa shape index (κ2) is 6.28. The first kappa shape index (κ1) is 14.7. The predicted molar refractivity (Wildman–Crippen MR) is 85.5 cm³/mol. The van der Waals surface area contributed by atoms with Gasteiger partial charge in [0.1, 0.15) is 12.4 Å². The summed E-state index contributed by atoms with van der Waals surface area (Å²) in [6, 6.07) is 2.31. The molecular weight excluding hydrogens is 263 g/mol. The Morgan fingerprint density at radius 2 is 2.10 bits per heavy atom. The van der Waals surface area contributed by atoms with Crippen LogP contribution < -0.4 is 9.64 Å². The molecule has 0 fully saturated rings. The van der Waals surface area contributed by atoms with E-state index in [2.05, 4.69) is 17.9 Å². The smallest absolute Gasteiger partial charge is 0.182 e. The van der Waals surface area contributed by atoms with Gasteiger partial charge in [0, 0.05) is 13.7 Å². The van der Waals surface area contributed by atoms with E-state index in [0.29, 0.717) is 0 Å². The molecular formula is C16H23BN2O2. The van der Waals surface area contributed by atoms with Gasteiger partial charge in [-0.1, -0.05) is 0 Å². The summed E-state index contributed by atoms with van der Waals surface area (Å²) in [5.41, 5.74) is 5.36. The zero-order chi connectivity index (χ0) is 14.8. The van der Waals surface area contributed by atoms with Crippen LogP contribution in [-0.2, 0) is 17.6 Å². The first-order valence-electron chi connectivity index (χ1n) is 7.72. The van der Waals surface area contributed by atoms with Crippen molar-refractivity contribution in [3.8, 4) is 5.75 Å². The van der Waals surface area contributed by atoms with Crippen LogP contribution in [0, 0.1) is 6.92 Å². The molecule has 0 spiro atoms. The van der Waals surface area contributed by atoms with Gasteiger partial charge < -0.3 is 19.2 Å². The molecule has 4 nitrogen and oxygen atoms in total. The van der Waals surface area contributed by atoms with E-state index < -0.39 is 0 Å². The second-order valence-corrected chi connectivity index (χ2v) is 5.85. The molecule has 0 unspecified atom stereocenters. The van der Waals surface area contributed by atoms with Crippen molar-refractivity contribution in [2.24, 2.45) is 0 Å². The van der Waals surface area contributed by atoms with Crippen molar-refractivity contribution in [1.82, 2.24) is 4.81 Å². The molecule has 1 aromatic carbocycles. The molecule has 0 aliphatic carbocycles. The molecule has 5 heteroatoms. The van der Waals surface area contributed by atoms with Crippen molar-refractivity contribution >= 4 is 13.7 Å². The van der Waals surface area contributed by atoms with E-state index in [1.165, 1.54) is 22.4 Å². The zero-order valence-corrected chi connectivity index (χ0v) is 13.0. The van der Waals surface area contributed by atoms with Gasteiger partial charge in [0.05, 0.1) is 18.8 Å². The molecule has 0 N–H and O–H groups in total. The summed E-state index contributed by atoms with van der Waals surface area (Å²) in [4.78, 5) is 4.29. The SMILES string of the molecule is [B]N1CCc2cc3c(c(C)c2CC1)OCCN3CCOC. The molecule has 3 rings (SSSR count). The Labute approximate surface area is 128 Å². The molecule has 0 saturated heterocycles. The molecule has 0 atom stereocenters. The first-order valence-corrected chi connectivity index (χ1v) is 7.72. The Kier molecular flexibility index (Phi) is 4.41. The van der Waals surface area contributed by atoms with E-state index in [1.807, 2.05) is 4.81 Å². The fourth-order valence-electron chi connectivity index (χ4n) is 3.32. The Morgan fingerprint density at radius 3 is 2.90 bits per heavy atom. The maximum Gasteiger partial charge on any atom is 0.182 e. The van der Waals surface area contributed by atoms with Crippen molar-refractivity contribution in [2.45, 2.75) is 19.8 Å². The number of hydrogen-bond donors (Lipinski definition) is 0. The quantitative estimate of drug-likeness (QED) is 0.783. The monoisotopic (exact) mass is 286 g/mol. The lowest BCUT2D eigenvalue weighted by atomic mass is 9.95. The minimum Gasteiger partial charge on any atom is -0.489 e. The van der Waals surface area contributed by atoms with Gasteiger partial charge in [-0.15, -0.1) is 0 Å². The molecule has 0 saturated carbocycles. The van der Waals surface area contributed by atoms with Crippen LogP contribution >= 0.6 is 0 Å². The van der Waals surface area contributed by atoms with E-state index >= 15 is 0 Å². The number of nitrogens with zero attached hydrogens (tertiary/aromatic N) is 2. The molecule has 0 amide bonds. The van der Waals surface area contributed by atoms with Crippen molar-refractivity contribution in [2.75, 3.05) is 51.4 Å². The van der Waals surface area contributed by atoms with Crippen LogP contribution in [0.2, 0.25) is 0 Å². The van der Waals surface area contributed by atoms with Crippen LogP contribution in [0.4, 0.5) is 5.69 Å². The van der Waals surface area contributed by atoms with Gasteiger partial charge >= 0.3 is 0 Å². The van der Waals surface area contributed by atoms with Crippen molar-refractivity contribution in [3.63, 3.8) is 0 Å². The van der Waals surface area contributed by atoms with Crippen LogP contribution in [0.3, 0.4) is 0 Å². The van der Waals surface area contributed by atoms with Gasteiger partial charge in [0.25, 0.3) is 0 Å². The Morgan fingerprint density at radius 1 is 1.29 bits per heavy atom. The van der Waals surface area contributed by atoms with Crippen LogP contribution in [-0.4, -0.2) is 59.3 Å². The summed E-state index contributed by atoms with van der Waals surface area (Å²) in [6.45, 7) is 7.35. The number of anilines is 1. The fourth-order valence-corrected chi connectivity index (χ4v) is 3.32. The third kappa shape index (κ3) is 2.90. The first-order chi connectivity index (χ1) is 10.2. The highest BCUT2D eigenvalue weighted by atomic mass is 16.5. The Hall–Kier alpha value is -1.20. The summed E-state index contributed by atoms with van der Waals surface area (Å²) < 4.78 is 11.2. The molecule has 0 bridgehead atoms. The minimum atomic E-state index is 0.742.